The standard InChI is InChI=1S/C19H33N5O/c1-5-20-19(21-11-17-8-6-7-16(4)23-17)22-12-18-14-24(9-10-25-18)13-15(2)3/h6-8,15,18H,5,9-14H2,1-4H3,(H2,20,21,22). The molecule has 0 spiro atoms. The van der Waals surface area contributed by atoms with Crippen molar-refractivity contribution in [3.8, 4) is 0 Å². The number of pyridine rings is 1. The van der Waals surface area contributed by atoms with Crippen LogP contribution in [0.25, 0.3) is 0 Å². The SMILES string of the molecule is CCNC(=NCc1cccc(C)n1)NCC1CN(CC(C)C)CCO1. The van der Waals surface area contributed by atoms with E-state index in [-0.39, 0.29) is 6.10 Å². The van der Waals surface area contributed by atoms with Gasteiger partial charge in [0.05, 0.1) is 24.9 Å². The highest BCUT2D eigenvalue weighted by molar-refractivity contribution is 5.79. The molecule has 2 N–H and O–H groups in total. The minimum atomic E-state index is 0.202. The maximum Gasteiger partial charge on any atom is 0.191 e. The Labute approximate surface area is 152 Å². The van der Waals surface area contributed by atoms with Gasteiger partial charge >= 0.3 is 0 Å². The first kappa shape index (κ1) is 19.7. The van der Waals surface area contributed by atoms with E-state index in [0.29, 0.717) is 12.5 Å². The minimum absolute atomic E-state index is 0.202. The van der Waals surface area contributed by atoms with Crippen LogP contribution in [0.2, 0.25) is 0 Å². The van der Waals surface area contributed by atoms with Gasteiger partial charge in [-0.25, -0.2) is 4.99 Å². The summed E-state index contributed by atoms with van der Waals surface area (Å²) in [5, 5.41) is 6.70. The highest BCUT2D eigenvalue weighted by Crippen LogP contribution is 2.07. The van der Waals surface area contributed by atoms with Crippen LogP contribution in [-0.2, 0) is 11.3 Å². The lowest BCUT2D eigenvalue weighted by Gasteiger charge is -2.34. The highest BCUT2D eigenvalue weighted by Gasteiger charge is 2.21. The maximum absolute atomic E-state index is 5.90. The van der Waals surface area contributed by atoms with Gasteiger partial charge in [0.2, 0.25) is 0 Å². The number of nitrogens with one attached hydrogen (secondary N) is 2. The topological polar surface area (TPSA) is 61.8 Å². The maximum atomic E-state index is 5.90. The van der Waals surface area contributed by atoms with Crippen LogP contribution in [0.3, 0.4) is 0 Å². The summed E-state index contributed by atoms with van der Waals surface area (Å²) < 4.78 is 5.90. The fraction of sp³-hybridized carbons (Fsp3) is 0.684. The normalized spacial score (nSPS) is 19.2. The van der Waals surface area contributed by atoms with E-state index in [1.807, 2.05) is 25.1 Å². The average Bonchev–Trinajstić information content (AvgIpc) is 2.57. The number of nitrogens with zero attached hydrogens (tertiary/aromatic N) is 3. The molecular weight excluding hydrogens is 314 g/mol. The van der Waals surface area contributed by atoms with Gasteiger partial charge in [0.15, 0.2) is 5.96 Å². The zero-order chi connectivity index (χ0) is 18.1. The molecule has 1 saturated heterocycles. The number of morpholine rings is 1. The summed E-state index contributed by atoms with van der Waals surface area (Å²) in [6.45, 7) is 14.7. The molecule has 2 heterocycles. The van der Waals surface area contributed by atoms with Gasteiger partial charge in [-0.15, -0.1) is 0 Å². The number of hydrogen-bond donors (Lipinski definition) is 2. The molecule has 1 aromatic heterocycles. The lowest BCUT2D eigenvalue weighted by Crippen LogP contribution is -2.50. The summed E-state index contributed by atoms with van der Waals surface area (Å²) in [5.41, 5.74) is 2.00. The molecule has 1 unspecified atom stereocenters. The molecule has 0 aromatic carbocycles. The summed E-state index contributed by atoms with van der Waals surface area (Å²) in [4.78, 5) is 11.6. The lowest BCUT2D eigenvalue weighted by molar-refractivity contribution is -0.0284. The zero-order valence-electron chi connectivity index (χ0n) is 16.1. The summed E-state index contributed by atoms with van der Waals surface area (Å²) in [7, 11) is 0. The van der Waals surface area contributed by atoms with Crippen LogP contribution in [0, 0.1) is 12.8 Å². The first-order valence-electron chi connectivity index (χ1n) is 9.35. The van der Waals surface area contributed by atoms with E-state index in [4.69, 9.17) is 4.74 Å². The van der Waals surface area contributed by atoms with Gasteiger partial charge in [0, 0.05) is 38.4 Å². The number of aliphatic imine (C=N–C) groups is 1. The van der Waals surface area contributed by atoms with Crippen molar-refractivity contribution in [2.75, 3.05) is 39.3 Å². The third-order valence-corrected chi connectivity index (χ3v) is 4.03. The molecule has 1 aliphatic rings. The molecular formula is C19H33N5O. The van der Waals surface area contributed by atoms with Crippen molar-refractivity contribution in [1.29, 1.82) is 0 Å². The number of ether oxygens (including phenoxy) is 1. The predicted molar refractivity (Wildman–Crippen MR) is 103 cm³/mol. The third-order valence-electron chi connectivity index (χ3n) is 4.03. The van der Waals surface area contributed by atoms with E-state index in [9.17, 15) is 0 Å². The minimum Gasteiger partial charge on any atom is -0.374 e. The summed E-state index contributed by atoms with van der Waals surface area (Å²) in [6, 6.07) is 6.03. The van der Waals surface area contributed by atoms with E-state index >= 15 is 0 Å². The molecule has 25 heavy (non-hydrogen) atoms. The van der Waals surface area contributed by atoms with Gasteiger partial charge in [-0.3, -0.25) is 9.88 Å². The Morgan fingerprint density at radius 2 is 2.24 bits per heavy atom. The third kappa shape index (κ3) is 7.40. The van der Waals surface area contributed by atoms with Crippen LogP contribution >= 0.6 is 0 Å². The monoisotopic (exact) mass is 347 g/mol. The highest BCUT2D eigenvalue weighted by atomic mass is 16.5. The Hall–Kier alpha value is -1.66. The van der Waals surface area contributed by atoms with Crippen molar-refractivity contribution in [1.82, 2.24) is 20.5 Å². The number of rotatable bonds is 7. The molecule has 6 heteroatoms. The van der Waals surface area contributed by atoms with E-state index in [1.54, 1.807) is 0 Å². The van der Waals surface area contributed by atoms with E-state index in [1.165, 1.54) is 0 Å². The van der Waals surface area contributed by atoms with Gasteiger partial charge in [-0.1, -0.05) is 19.9 Å². The molecule has 1 aliphatic heterocycles. The van der Waals surface area contributed by atoms with Crippen molar-refractivity contribution in [3.05, 3.63) is 29.6 Å². The van der Waals surface area contributed by atoms with E-state index in [0.717, 1.165) is 56.7 Å². The number of guanidine groups is 1. The Bertz CT molecular complexity index is 546. The van der Waals surface area contributed by atoms with Gasteiger partial charge in [0.25, 0.3) is 0 Å². The number of hydrogen-bond acceptors (Lipinski definition) is 4. The molecule has 2 rings (SSSR count). The smallest absolute Gasteiger partial charge is 0.191 e. The number of aryl methyl sites for hydroxylation is 1. The first-order valence-corrected chi connectivity index (χ1v) is 9.35. The van der Waals surface area contributed by atoms with Crippen molar-refractivity contribution >= 4 is 5.96 Å². The second-order valence-electron chi connectivity index (χ2n) is 6.99. The molecule has 6 nitrogen and oxygen atoms in total. The quantitative estimate of drug-likeness (QED) is 0.582. The summed E-state index contributed by atoms with van der Waals surface area (Å²) in [5.74, 6) is 1.50. The van der Waals surface area contributed by atoms with Crippen LogP contribution < -0.4 is 10.6 Å². The van der Waals surface area contributed by atoms with E-state index < -0.39 is 0 Å². The largest absolute Gasteiger partial charge is 0.374 e. The van der Waals surface area contributed by atoms with Gasteiger partial charge in [-0.2, -0.15) is 0 Å². The van der Waals surface area contributed by atoms with Crippen molar-refractivity contribution in [2.45, 2.75) is 40.3 Å². The van der Waals surface area contributed by atoms with Gasteiger partial charge < -0.3 is 15.4 Å². The first-order chi connectivity index (χ1) is 12.1. The number of aromatic nitrogens is 1. The van der Waals surface area contributed by atoms with Gasteiger partial charge in [-0.05, 0) is 31.9 Å². The lowest BCUT2D eigenvalue weighted by atomic mass is 10.2. The molecule has 0 amide bonds. The van der Waals surface area contributed by atoms with Crippen LogP contribution in [0.1, 0.15) is 32.2 Å². The Balaban J connectivity index is 1.85. The zero-order valence-corrected chi connectivity index (χ0v) is 16.1. The fourth-order valence-corrected chi connectivity index (χ4v) is 2.99. The second-order valence-corrected chi connectivity index (χ2v) is 6.99. The Kier molecular flexibility index (Phi) is 8.15. The van der Waals surface area contributed by atoms with Crippen molar-refractivity contribution in [3.63, 3.8) is 0 Å². The summed E-state index contributed by atoms with van der Waals surface area (Å²) in [6.07, 6.45) is 0.202. The Morgan fingerprint density at radius 1 is 1.40 bits per heavy atom. The molecule has 1 atom stereocenters. The fourth-order valence-electron chi connectivity index (χ4n) is 2.99. The molecule has 0 aliphatic carbocycles. The van der Waals surface area contributed by atoms with Crippen molar-refractivity contribution < 1.29 is 4.74 Å². The predicted octanol–water partition coefficient (Wildman–Crippen LogP) is 1.80. The van der Waals surface area contributed by atoms with Crippen LogP contribution in [0.15, 0.2) is 23.2 Å². The summed E-state index contributed by atoms with van der Waals surface area (Å²) >= 11 is 0. The van der Waals surface area contributed by atoms with Crippen LogP contribution in [-0.4, -0.2) is 61.3 Å². The Morgan fingerprint density at radius 3 is 2.96 bits per heavy atom. The van der Waals surface area contributed by atoms with Crippen LogP contribution in [0.5, 0.6) is 0 Å². The molecule has 0 radical (unpaired) electrons. The second kappa shape index (κ2) is 10.4. The molecule has 140 valence electrons. The molecule has 0 saturated carbocycles. The van der Waals surface area contributed by atoms with Crippen molar-refractivity contribution in [2.24, 2.45) is 10.9 Å². The molecule has 1 fully saturated rings. The van der Waals surface area contributed by atoms with E-state index in [2.05, 4.69) is 46.3 Å². The average molecular weight is 348 g/mol. The molecule has 0 bridgehead atoms. The molecule has 1 aromatic rings. The van der Waals surface area contributed by atoms with Gasteiger partial charge in [0.1, 0.15) is 0 Å². The van der Waals surface area contributed by atoms with Crippen LogP contribution in [0.4, 0.5) is 0 Å².